The maximum Gasteiger partial charge on any atom is 0.248 e. The molecule has 15 heavy (non-hydrogen) atoms. The van der Waals surface area contributed by atoms with Gasteiger partial charge in [0.05, 0.1) is 0 Å². The van der Waals surface area contributed by atoms with Crippen molar-refractivity contribution >= 4 is 5.78 Å². The highest BCUT2D eigenvalue weighted by Gasteiger charge is 2.31. The molecule has 0 aromatic carbocycles. The summed E-state index contributed by atoms with van der Waals surface area (Å²) < 4.78 is 24.9. The van der Waals surface area contributed by atoms with E-state index >= 15 is 0 Å². The van der Waals surface area contributed by atoms with E-state index < -0.39 is 12.3 Å². The van der Waals surface area contributed by atoms with E-state index in [1.807, 2.05) is 0 Å². The van der Waals surface area contributed by atoms with Crippen LogP contribution in [0.4, 0.5) is 8.78 Å². The number of ketones is 1. The molecule has 1 aliphatic rings. The fourth-order valence-electron chi connectivity index (χ4n) is 1.80. The van der Waals surface area contributed by atoms with Crippen molar-refractivity contribution in [1.82, 2.24) is 4.98 Å². The normalized spacial score (nSPS) is 20.5. The molecule has 1 N–H and O–H groups in total. The molecule has 1 atom stereocenters. The van der Waals surface area contributed by atoms with Gasteiger partial charge in [-0.1, -0.05) is 0 Å². The number of halogens is 2. The maximum atomic E-state index is 12.4. The fourth-order valence-corrected chi connectivity index (χ4v) is 1.80. The van der Waals surface area contributed by atoms with E-state index in [2.05, 4.69) is 4.98 Å². The summed E-state index contributed by atoms with van der Waals surface area (Å²) in [6.45, 7) is 0. The van der Waals surface area contributed by atoms with Gasteiger partial charge < -0.3 is 4.98 Å². The van der Waals surface area contributed by atoms with E-state index in [1.54, 1.807) is 0 Å². The Balaban J connectivity index is 2.42. The van der Waals surface area contributed by atoms with Gasteiger partial charge in [-0.05, 0) is 12.5 Å². The van der Waals surface area contributed by atoms with Crippen LogP contribution < -0.4 is 5.56 Å². The summed E-state index contributed by atoms with van der Waals surface area (Å²) >= 11 is 0. The Morgan fingerprint density at radius 3 is 2.67 bits per heavy atom. The lowest BCUT2D eigenvalue weighted by molar-refractivity contribution is 0.0591. The highest BCUT2D eigenvalue weighted by molar-refractivity contribution is 5.98. The summed E-state index contributed by atoms with van der Waals surface area (Å²) in [5.74, 6) is -1.29. The third-order valence-electron chi connectivity index (χ3n) is 2.57. The zero-order valence-electron chi connectivity index (χ0n) is 7.80. The number of carbonyl (C=O) groups is 1. The number of aromatic nitrogens is 1. The highest BCUT2D eigenvalue weighted by Crippen LogP contribution is 2.27. The lowest BCUT2D eigenvalue weighted by Gasteiger charge is -2.22. The molecular formula is C10H9F2NO2. The lowest BCUT2D eigenvalue weighted by Crippen LogP contribution is -2.28. The second-order valence-electron chi connectivity index (χ2n) is 3.64. The number of fused-ring (bicyclic) bond motifs is 1. The Morgan fingerprint density at radius 1 is 1.27 bits per heavy atom. The van der Waals surface area contributed by atoms with Gasteiger partial charge in [-0.15, -0.1) is 0 Å². The number of nitrogens with one attached hydrogen (secondary N) is 1. The summed E-state index contributed by atoms with van der Waals surface area (Å²) in [5, 5.41) is 0. The van der Waals surface area contributed by atoms with Crippen LogP contribution in [0, 0.1) is 5.92 Å². The van der Waals surface area contributed by atoms with E-state index in [0.29, 0.717) is 11.3 Å². The molecule has 0 unspecified atom stereocenters. The molecule has 0 radical (unpaired) electrons. The number of carbonyl (C=O) groups excluding carboxylic acids is 1. The summed E-state index contributed by atoms with van der Waals surface area (Å²) in [6.07, 6.45) is -2.60. The average molecular weight is 213 g/mol. The van der Waals surface area contributed by atoms with Crippen LogP contribution in [-0.4, -0.2) is 17.2 Å². The van der Waals surface area contributed by atoms with Crippen LogP contribution in [-0.2, 0) is 6.42 Å². The number of alkyl halides is 2. The summed E-state index contributed by atoms with van der Waals surface area (Å²) in [5.41, 5.74) is 0.340. The van der Waals surface area contributed by atoms with Crippen LogP contribution in [0.15, 0.2) is 16.9 Å². The van der Waals surface area contributed by atoms with Crippen molar-refractivity contribution in [3.63, 3.8) is 0 Å². The lowest BCUT2D eigenvalue weighted by atomic mass is 9.86. The summed E-state index contributed by atoms with van der Waals surface area (Å²) in [4.78, 5) is 24.9. The van der Waals surface area contributed by atoms with Crippen molar-refractivity contribution < 1.29 is 13.6 Å². The van der Waals surface area contributed by atoms with Gasteiger partial charge in [0, 0.05) is 29.7 Å². The van der Waals surface area contributed by atoms with E-state index in [0.717, 1.165) is 0 Å². The molecule has 1 aromatic heterocycles. The molecule has 1 aromatic rings. The minimum atomic E-state index is -2.52. The molecule has 5 heteroatoms. The minimum absolute atomic E-state index is 0.0643. The maximum absolute atomic E-state index is 12.4. The molecule has 0 saturated carbocycles. The second kappa shape index (κ2) is 3.56. The quantitative estimate of drug-likeness (QED) is 0.766. The molecule has 2 rings (SSSR count). The number of pyridine rings is 1. The molecule has 1 aliphatic carbocycles. The third kappa shape index (κ3) is 1.82. The van der Waals surface area contributed by atoms with Gasteiger partial charge in [0.25, 0.3) is 0 Å². The SMILES string of the molecule is O=C1C[C@@H](C(F)F)Cc2[nH]c(=O)ccc21. The van der Waals surface area contributed by atoms with Crippen molar-refractivity contribution in [3.8, 4) is 0 Å². The summed E-state index contributed by atoms with van der Waals surface area (Å²) in [7, 11) is 0. The largest absolute Gasteiger partial charge is 0.325 e. The van der Waals surface area contributed by atoms with Crippen molar-refractivity contribution in [2.75, 3.05) is 0 Å². The van der Waals surface area contributed by atoms with E-state index in [9.17, 15) is 18.4 Å². The number of H-pyrrole nitrogens is 1. The first-order valence-corrected chi connectivity index (χ1v) is 4.61. The predicted molar refractivity (Wildman–Crippen MR) is 49.2 cm³/mol. The van der Waals surface area contributed by atoms with Crippen LogP contribution in [0.5, 0.6) is 0 Å². The molecule has 80 valence electrons. The zero-order chi connectivity index (χ0) is 11.0. The van der Waals surface area contributed by atoms with Crippen LogP contribution in [0.1, 0.15) is 22.5 Å². The topological polar surface area (TPSA) is 49.9 Å². The van der Waals surface area contributed by atoms with Gasteiger partial charge in [-0.3, -0.25) is 9.59 Å². The Morgan fingerprint density at radius 2 is 2.00 bits per heavy atom. The van der Waals surface area contributed by atoms with Crippen molar-refractivity contribution in [1.29, 1.82) is 0 Å². The Kier molecular flexibility index (Phi) is 2.38. The second-order valence-corrected chi connectivity index (χ2v) is 3.64. The monoisotopic (exact) mass is 213 g/mol. The van der Waals surface area contributed by atoms with Gasteiger partial charge in [-0.25, -0.2) is 8.78 Å². The summed E-state index contributed by atoms with van der Waals surface area (Å²) in [6, 6.07) is 2.64. The molecule has 0 saturated heterocycles. The van der Waals surface area contributed by atoms with Crippen LogP contribution in [0.2, 0.25) is 0 Å². The molecule has 0 amide bonds. The van der Waals surface area contributed by atoms with Gasteiger partial charge >= 0.3 is 0 Å². The molecule has 0 fully saturated rings. The molecule has 0 aliphatic heterocycles. The van der Waals surface area contributed by atoms with Crippen LogP contribution >= 0.6 is 0 Å². The number of aromatic amines is 1. The predicted octanol–water partition coefficient (Wildman–Crippen LogP) is 1.39. The molecule has 0 spiro atoms. The first kappa shape index (κ1) is 10.0. The first-order chi connectivity index (χ1) is 7.08. The molecular weight excluding hydrogens is 204 g/mol. The van der Waals surface area contributed by atoms with E-state index in [4.69, 9.17) is 0 Å². The zero-order valence-corrected chi connectivity index (χ0v) is 7.80. The number of rotatable bonds is 1. The minimum Gasteiger partial charge on any atom is -0.325 e. The molecule has 1 heterocycles. The van der Waals surface area contributed by atoms with E-state index in [1.165, 1.54) is 12.1 Å². The van der Waals surface area contributed by atoms with Gasteiger partial charge in [0.1, 0.15) is 0 Å². The Bertz CT molecular complexity index is 453. The Labute approximate surface area is 84.1 Å². The van der Waals surface area contributed by atoms with Crippen LogP contribution in [0.3, 0.4) is 0 Å². The Hall–Kier alpha value is -1.52. The van der Waals surface area contributed by atoms with Crippen molar-refractivity contribution in [3.05, 3.63) is 33.7 Å². The number of hydrogen-bond donors (Lipinski definition) is 1. The molecule has 3 nitrogen and oxygen atoms in total. The molecule has 0 bridgehead atoms. The highest BCUT2D eigenvalue weighted by atomic mass is 19.3. The number of hydrogen-bond acceptors (Lipinski definition) is 2. The van der Waals surface area contributed by atoms with Gasteiger partial charge in [-0.2, -0.15) is 0 Å². The smallest absolute Gasteiger partial charge is 0.248 e. The third-order valence-corrected chi connectivity index (χ3v) is 2.57. The van der Waals surface area contributed by atoms with E-state index in [-0.39, 0.29) is 24.2 Å². The average Bonchev–Trinajstić information content (AvgIpc) is 2.16. The van der Waals surface area contributed by atoms with Crippen molar-refractivity contribution in [2.24, 2.45) is 5.92 Å². The first-order valence-electron chi connectivity index (χ1n) is 4.61. The standard InChI is InChI=1S/C10H9F2NO2/c11-10(12)5-3-7-6(8(14)4-5)1-2-9(15)13-7/h1-2,5,10H,3-4H2,(H,13,15)/t5-/m0/s1. The van der Waals surface area contributed by atoms with Gasteiger partial charge in [0.15, 0.2) is 5.78 Å². The fraction of sp³-hybridized carbons (Fsp3) is 0.400. The number of Topliss-reactive ketones (excluding diaryl/α,β-unsaturated/α-hetero) is 1. The van der Waals surface area contributed by atoms with Gasteiger partial charge in [0.2, 0.25) is 12.0 Å². The van der Waals surface area contributed by atoms with Crippen LogP contribution in [0.25, 0.3) is 0 Å². The van der Waals surface area contributed by atoms with Crippen molar-refractivity contribution in [2.45, 2.75) is 19.3 Å².